The van der Waals surface area contributed by atoms with Crippen LogP contribution in [0.15, 0.2) is 73.1 Å². The summed E-state index contributed by atoms with van der Waals surface area (Å²) in [5.74, 6) is 2.20. The standard InChI is InChI=1S/C20H16N2O2/c1-23-20-19-16(11-12-21-20)17(13-22-19)15-9-5-6-10-18(15)24-14-7-3-2-4-8-14/h2-13,22H,1H3. The summed E-state index contributed by atoms with van der Waals surface area (Å²) in [6, 6.07) is 19.7. The van der Waals surface area contributed by atoms with Crippen LogP contribution in [-0.4, -0.2) is 17.1 Å². The number of aromatic amines is 1. The number of H-pyrrole nitrogens is 1. The molecule has 4 rings (SSSR count). The van der Waals surface area contributed by atoms with Gasteiger partial charge in [0.1, 0.15) is 17.0 Å². The summed E-state index contributed by atoms with van der Waals surface area (Å²) in [6.45, 7) is 0. The van der Waals surface area contributed by atoms with Gasteiger partial charge in [0, 0.05) is 28.9 Å². The molecule has 0 aliphatic rings. The number of fused-ring (bicyclic) bond motifs is 1. The van der Waals surface area contributed by atoms with Crippen LogP contribution in [0, 0.1) is 0 Å². The van der Waals surface area contributed by atoms with Crippen molar-refractivity contribution in [3.63, 3.8) is 0 Å². The van der Waals surface area contributed by atoms with E-state index in [0.717, 1.165) is 33.5 Å². The van der Waals surface area contributed by atoms with Crippen LogP contribution < -0.4 is 9.47 Å². The highest BCUT2D eigenvalue weighted by molar-refractivity contribution is 5.98. The number of ether oxygens (including phenoxy) is 2. The summed E-state index contributed by atoms with van der Waals surface area (Å²) in [6.07, 6.45) is 3.71. The second kappa shape index (κ2) is 6.08. The van der Waals surface area contributed by atoms with Crippen molar-refractivity contribution in [2.24, 2.45) is 0 Å². The Morgan fingerprint density at radius 2 is 1.67 bits per heavy atom. The van der Waals surface area contributed by atoms with Gasteiger partial charge in [0.05, 0.1) is 7.11 Å². The molecule has 2 heterocycles. The molecule has 0 atom stereocenters. The zero-order valence-corrected chi connectivity index (χ0v) is 13.2. The molecule has 0 aliphatic heterocycles. The third-order valence-corrected chi connectivity index (χ3v) is 3.91. The van der Waals surface area contributed by atoms with Crippen molar-refractivity contribution in [2.75, 3.05) is 7.11 Å². The van der Waals surface area contributed by atoms with Crippen LogP contribution in [0.4, 0.5) is 0 Å². The molecular formula is C20H16N2O2. The number of hydrogen-bond donors (Lipinski definition) is 1. The Morgan fingerprint density at radius 3 is 2.50 bits per heavy atom. The molecule has 2 aromatic heterocycles. The number of nitrogens with one attached hydrogen (secondary N) is 1. The minimum Gasteiger partial charge on any atom is -0.479 e. The maximum atomic E-state index is 6.08. The molecule has 0 aliphatic carbocycles. The van der Waals surface area contributed by atoms with E-state index in [-0.39, 0.29) is 0 Å². The Labute approximate surface area is 139 Å². The molecule has 118 valence electrons. The van der Waals surface area contributed by atoms with Crippen LogP contribution in [0.3, 0.4) is 0 Å². The third-order valence-electron chi connectivity index (χ3n) is 3.91. The number of rotatable bonds is 4. The number of para-hydroxylation sites is 2. The number of methoxy groups -OCH3 is 1. The van der Waals surface area contributed by atoms with E-state index in [1.54, 1.807) is 13.3 Å². The van der Waals surface area contributed by atoms with Gasteiger partial charge in [-0.1, -0.05) is 36.4 Å². The van der Waals surface area contributed by atoms with Crippen molar-refractivity contribution in [1.82, 2.24) is 9.97 Å². The lowest BCUT2D eigenvalue weighted by Gasteiger charge is -2.10. The molecule has 4 nitrogen and oxygen atoms in total. The summed E-state index contributed by atoms with van der Waals surface area (Å²) >= 11 is 0. The van der Waals surface area contributed by atoms with E-state index in [1.165, 1.54) is 0 Å². The van der Waals surface area contributed by atoms with Crippen LogP contribution in [-0.2, 0) is 0 Å². The van der Waals surface area contributed by atoms with Gasteiger partial charge in [-0.3, -0.25) is 0 Å². The lowest BCUT2D eigenvalue weighted by molar-refractivity contribution is 0.402. The van der Waals surface area contributed by atoms with Gasteiger partial charge >= 0.3 is 0 Å². The van der Waals surface area contributed by atoms with Gasteiger partial charge in [-0.05, 0) is 24.3 Å². The topological polar surface area (TPSA) is 47.1 Å². The van der Waals surface area contributed by atoms with Crippen molar-refractivity contribution in [1.29, 1.82) is 0 Å². The van der Waals surface area contributed by atoms with E-state index in [4.69, 9.17) is 9.47 Å². The lowest BCUT2D eigenvalue weighted by atomic mass is 10.0. The first-order chi connectivity index (χ1) is 11.9. The van der Waals surface area contributed by atoms with Gasteiger partial charge < -0.3 is 14.5 Å². The van der Waals surface area contributed by atoms with Crippen molar-refractivity contribution in [3.8, 4) is 28.5 Å². The Bertz CT molecular complexity index is 977. The van der Waals surface area contributed by atoms with Crippen LogP contribution in [0.5, 0.6) is 17.4 Å². The maximum Gasteiger partial charge on any atom is 0.238 e. The number of aromatic nitrogens is 2. The van der Waals surface area contributed by atoms with Gasteiger partial charge in [0.15, 0.2) is 0 Å². The zero-order valence-electron chi connectivity index (χ0n) is 13.2. The normalized spacial score (nSPS) is 10.7. The Hall–Kier alpha value is -3.27. The van der Waals surface area contributed by atoms with Crippen molar-refractivity contribution in [3.05, 3.63) is 73.1 Å². The average Bonchev–Trinajstić information content (AvgIpc) is 3.07. The molecule has 0 radical (unpaired) electrons. The monoisotopic (exact) mass is 316 g/mol. The SMILES string of the molecule is COc1nccc2c(-c3ccccc3Oc3ccccc3)c[nH]c12. The fraction of sp³-hybridized carbons (Fsp3) is 0.0500. The second-order valence-corrected chi connectivity index (χ2v) is 5.36. The van der Waals surface area contributed by atoms with Gasteiger partial charge in [-0.2, -0.15) is 0 Å². The van der Waals surface area contributed by atoms with Crippen LogP contribution >= 0.6 is 0 Å². The summed E-state index contributed by atoms with van der Waals surface area (Å²) in [4.78, 5) is 7.49. The molecular weight excluding hydrogens is 300 g/mol. The first-order valence-corrected chi connectivity index (χ1v) is 7.69. The highest BCUT2D eigenvalue weighted by Gasteiger charge is 2.14. The van der Waals surface area contributed by atoms with E-state index in [1.807, 2.05) is 66.9 Å². The first-order valence-electron chi connectivity index (χ1n) is 7.69. The smallest absolute Gasteiger partial charge is 0.238 e. The molecule has 4 aromatic rings. The van der Waals surface area contributed by atoms with E-state index in [0.29, 0.717) is 5.88 Å². The Balaban J connectivity index is 1.83. The van der Waals surface area contributed by atoms with Crippen molar-refractivity contribution >= 4 is 10.9 Å². The van der Waals surface area contributed by atoms with Crippen LogP contribution in [0.2, 0.25) is 0 Å². The first kappa shape index (κ1) is 14.3. The molecule has 0 unspecified atom stereocenters. The third kappa shape index (κ3) is 2.48. The largest absolute Gasteiger partial charge is 0.479 e. The van der Waals surface area contributed by atoms with Crippen LogP contribution in [0.25, 0.3) is 22.0 Å². The Kier molecular flexibility index (Phi) is 3.63. The molecule has 4 heteroatoms. The highest BCUT2D eigenvalue weighted by Crippen LogP contribution is 2.38. The summed E-state index contributed by atoms with van der Waals surface area (Å²) < 4.78 is 11.4. The van der Waals surface area contributed by atoms with Gasteiger partial charge in [-0.25, -0.2) is 4.98 Å². The lowest BCUT2D eigenvalue weighted by Crippen LogP contribution is -1.89. The van der Waals surface area contributed by atoms with Gasteiger partial charge in [0.25, 0.3) is 0 Å². The summed E-state index contributed by atoms with van der Waals surface area (Å²) in [5.41, 5.74) is 2.95. The van der Waals surface area contributed by atoms with Crippen LogP contribution in [0.1, 0.15) is 0 Å². The summed E-state index contributed by atoms with van der Waals surface area (Å²) in [7, 11) is 1.62. The second-order valence-electron chi connectivity index (χ2n) is 5.36. The fourth-order valence-electron chi connectivity index (χ4n) is 2.80. The quantitative estimate of drug-likeness (QED) is 0.574. The Morgan fingerprint density at radius 1 is 0.875 bits per heavy atom. The molecule has 2 aromatic carbocycles. The maximum absolute atomic E-state index is 6.08. The molecule has 0 saturated carbocycles. The minimum absolute atomic E-state index is 0.584. The predicted octanol–water partition coefficient (Wildman–Crippen LogP) is 5.03. The molecule has 24 heavy (non-hydrogen) atoms. The van der Waals surface area contributed by atoms with E-state index >= 15 is 0 Å². The zero-order chi connectivity index (χ0) is 16.4. The van der Waals surface area contributed by atoms with Gasteiger partial charge in [-0.15, -0.1) is 0 Å². The van der Waals surface area contributed by atoms with E-state index < -0.39 is 0 Å². The fourth-order valence-corrected chi connectivity index (χ4v) is 2.80. The molecule has 0 fully saturated rings. The molecule has 1 N–H and O–H groups in total. The molecule has 0 amide bonds. The van der Waals surface area contributed by atoms with Gasteiger partial charge in [0.2, 0.25) is 5.88 Å². The molecule has 0 spiro atoms. The van der Waals surface area contributed by atoms with E-state index in [9.17, 15) is 0 Å². The molecule has 0 bridgehead atoms. The number of benzene rings is 2. The van der Waals surface area contributed by atoms with Crippen molar-refractivity contribution < 1.29 is 9.47 Å². The number of pyridine rings is 1. The van der Waals surface area contributed by atoms with Crippen molar-refractivity contribution in [2.45, 2.75) is 0 Å². The number of nitrogens with zero attached hydrogens (tertiary/aromatic N) is 1. The van der Waals surface area contributed by atoms with E-state index in [2.05, 4.69) is 9.97 Å². The predicted molar refractivity (Wildman–Crippen MR) is 94.6 cm³/mol. The number of hydrogen-bond acceptors (Lipinski definition) is 3. The minimum atomic E-state index is 0.584. The molecule has 0 saturated heterocycles. The highest BCUT2D eigenvalue weighted by atomic mass is 16.5. The average molecular weight is 316 g/mol. The summed E-state index contributed by atoms with van der Waals surface area (Å²) in [5, 5.41) is 1.05.